The van der Waals surface area contributed by atoms with E-state index in [0.717, 1.165) is 27.7 Å². The third-order valence-corrected chi connectivity index (χ3v) is 4.49. The number of aromatic nitrogens is 2. The van der Waals surface area contributed by atoms with Gasteiger partial charge in [0.1, 0.15) is 6.04 Å². The number of rotatable bonds is 5. The van der Waals surface area contributed by atoms with Crippen LogP contribution in [0.1, 0.15) is 36.8 Å². The first kappa shape index (κ1) is 17.5. The van der Waals surface area contributed by atoms with Gasteiger partial charge in [0.2, 0.25) is 0 Å². The summed E-state index contributed by atoms with van der Waals surface area (Å²) in [5.41, 5.74) is 3.60. The maximum Gasteiger partial charge on any atom is 0.282 e. The Kier molecular flexibility index (Phi) is 5.44. The lowest BCUT2D eigenvalue weighted by Crippen LogP contribution is -2.91. The van der Waals surface area contributed by atoms with Gasteiger partial charge in [-0.25, -0.2) is 0 Å². The predicted octanol–water partition coefficient (Wildman–Crippen LogP) is 2.34. The molecule has 0 saturated carbocycles. The minimum atomic E-state index is -0.236. The molecule has 0 saturated heterocycles. The molecule has 1 aromatic carbocycles. The van der Waals surface area contributed by atoms with Crippen molar-refractivity contribution in [3.8, 4) is 0 Å². The van der Waals surface area contributed by atoms with E-state index in [9.17, 15) is 4.79 Å². The number of quaternary nitrogens is 1. The highest BCUT2D eigenvalue weighted by Gasteiger charge is 2.23. The Morgan fingerprint density at radius 2 is 1.96 bits per heavy atom. The molecule has 1 heterocycles. The monoisotopic (exact) mass is 335 g/mol. The summed E-state index contributed by atoms with van der Waals surface area (Å²) in [6.07, 6.45) is 0. The molecule has 3 N–H and O–H groups in total. The molecule has 0 aliphatic carbocycles. The van der Waals surface area contributed by atoms with Crippen LogP contribution in [0, 0.1) is 13.8 Å². The van der Waals surface area contributed by atoms with Gasteiger partial charge in [0.25, 0.3) is 5.91 Å². The lowest BCUT2D eigenvalue weighted by atomic mass is 10.1. The van der Waals surface area contributed by atoms with Gasteiger partial charge >= 0.3 is 0 Å². The van der Waals surface area contributed by atoms with Crippen LogP contribution in [0.4, 0.5) is 5.69 Å². The first-order valence-electron chi connectivity index (χ1n) is 7.71. The number of nitrogens with zero attached hydrogens (tertiary/aromatic N) is 2. The molecular weight excluding hydrogens is 312 g/mol. The van der Waals surface area contributed by atoms with Crippen LogP contribution in [-0.4, -0.2) is 21.7 Å². The highest BCUT2D eigenvalue weighted by Crippen LogP contribution is 2.20. The lowest BCUT2D eigenvalue weighted by molar-refractivity contribution is -0.709. The molecule has 23 heavy (non-hydrogen) atoms. The molecule has 2 atom stereocenters. The van der Waals surface area contributed by atoms with Crippen LogP contribution in [0.5, 0.6) is 0 Å². The second kappa shape index (κ2) is 7.15. The van der Waals surface area contributed by atoms with E-state index in [2.05, 4.69) is 10.4 Å². The zero-order chi connectivity index (χ0) is 17.1. The van der Waals surface area contributed by atoms with Gasteiger partial charge in [-0.3, -0.25) is 9.48 Å². The van der Waals surface area contributed by atoms with Crippen LogP contribution in [0.15, 0.2) is 24.3 Å². The third-order valence-electron chi connectivity index (χ3n) is 4.14. The van der Waals surface area contributed by atoms with Crippen molar-refractivity contribution in [3.63, 3.8) is 0 Å². The van der Waals surface area contributed by atoms with E-state index in [-0.39, 0.29) is 18.0 Å². The minimum absolute atomic E-state index is 0.0388. The number of anilines is 1. The number of hydrogen-bond acceptors (Lipinski definition) is 2. The summed E-state index contributed by atoms with van der Waals surface area (Å²) < 4.78 is 1.77. The molecule has 6 heteroatoms. The molecule has 2 aromatic rings. The summed E-state index contributed by atoms with van der Waals surface area (Å²) in [7, 11) is 1.87. The van der Waals surface area contributed by atoms with E-state index in [1.54, 1.807) is 4.68 Å². The second-order valence-corrected chi connectivity index (χ2v) is 6.36. The van der Waals surface area contributed by atoms with E-state index < -0.39 is 0 Å². The second-order valence-electron chi connectivity index (χ2n) is 5.95. The van der Waals surface area contributed by atoms with Crippen molar-refractivity contribution >= 4 is 23.2 Å². The minimum Gasteiger partial charge on any atom is -0.330 e. The Morgan fingerprint density at radius 1 is 1.30 bits per heavy atom. The largest absolute Gasteiger partial charge is 0.330 e. The number of halogens is 1. The van der Waals surface area contributed by atoms with E-state index in [1.165, 1.54) is 0 Å². The van der Waals surface area contributed by atoms with Crippen molar-refractivity contribution < 1.29 is 10.1 Å². The van der Waals surface area contributed by atoms with Crippen LogP contribution in [0.25, 0.3) is 0 Å². The zero-order valence-corrected chi connectivity index (χ0v) is 15.0. The highest BCUT2D eigenvalue weighted by molar-refractivity contribution is 6.31. The molecule has 0 radical (unpaired) electrons. The summed E-state index contributed by atoms with van der Waals surface area (Å²) in [5.74, 6) is -0.0388. The smallest absolute Gasteiger partial charge is 0.282 e. The van der Waals surface area contributed by atoms with Gasteiger partial charge in [0.15, 0.2) is 6.04 Å². The first-order valence-corrected chi connectivity index (χ1v) is 8.09. The van der Waals surface area contributed by atoms with Crippen molar-refractivity contribution in [3.05, 3.63) is 46.2 Å². The number of benzene rings is 1. The lowest BCUT2D eigenvalue weighted by Gasteiger charge is -2.17. The Balaban J connectivity index is 2.04. The molecule has 2 rings (SSSR count). The molecule has 0 bridgehead atoms. The summed E-state index contributed by atoms with van der Waals surface area (Å²) in [4.78, 5) is 12.5. The zero-order valence-electron chi connectivity index (χ0n) is 14.2. The Morgan fingerprint density at radius 3 is 2.52 bits per heavy atom. The van der Waals surface area contributed by atoms with Crippen LogP contribution >= 0.6 is 11.6 Å². The van der Waals surface area contributed by atoms with Gasteiger partial charge < -0.3 is 10.6 Å². The number of nitrogens with one attached hydrogen (secondary N) is 1. The van der Waals surface area contributed by atoms with Gasteiger partial charge in [0.05, 0.1) is 17.1 Å². The maximum absolute atomic E-state index is 12.5. The Labute approximate surface area is 142 Å². The average molecular weight is 336 g/mol. The van der Waals surface area contributed by atoms with Gasteiger partial charge in [-0.15, -0.1) is 0 Å². The molecule has 0 unspecified atom stereocenters. The molecule has 0 aliphatic rings. The summed E-state index contributed by atoms with van der Waals surface area (Å²) in [6.45, 7) is 7.77. The topological polar surface area (TPSA) is 63.5 Å². The number of nitrogens with two attached hydrogens (primary N) is 1. The normalized spacial score (nSPS) is 13.7. The molecule has 0 spiro atoms. The van der Waals surface area contributed by atoms with Crippen molar-refractivity contribution in [2.24, 2.45) is 7.05 Å². The molecule has 1 aromatic heterocycles. The third kappa shape index (κ3) is 3.92. The molecule has 124 valence electrons. The van der Waals surface area contributed by atoms with Gasteiger partial charge in [0, 0.05) is 17.6 Å². The highest BCUT2D eigenvalue weighted by atomic mass is 35.5. The standard InChI is InChI=1S/C17H23ClN4O/c1-10(14-8-6-7-9-15(14)18)19-12(3)17(23)20-16-11(2)21-22(5)13(16)4/h6-10,12,19H,1-5H3,(H,20,23)/p+1/t10-,12-/m1/s1. The molecule has 5 nitrogen and oxygen atoms in total. The molecule has 1 amide bonds. The average Bonchev–Trinajstić information content (AvgIpc) is 2.73. The molecular formula is C17H24ClN4O+. The fourth-order valence-corrected chi connectivity index (χ4v) is 2.97. The quantitative estimate of drug-likeness (QED) is 0.881. The number of carbonyl (C=O) groups excluding carboxylic acids is 1. The Hall–Kier alpha value is -1.85. The molecule has 0 aliphatic heterocycles. The summed E-state index contributed by atoms with van der Waals surface area (Å²) in [6, 6.07) is 7.58. The predicted molar refractivity (Wildman–Crippen MR) is 92.6 cm³/mol. The van der Waals surface area contributed by atoms with Crippen LogP contribution in [-0.2, 0) is 11.8 Å². The SMILES string of the molecule is Cc1nn(C)c(C)c1NC(=O)[C@@H](C)[NH2+][C@H](C)c1ccccc1Cl. The van der Waals surface area contributed by atoms with E-state index in [4.69, 9.17) is 11.6 Å². The van der Waals surface area contributed by atoms with Crippen LogP contribution < -0.4 is 10.6 Å². The summed E-state index contributed by atoms with van der Waals surface area (Å²) in [5, 5.41) is 10.0. The van der Waals surface area contributed by atoms with Crippen molar-refractivity contribution in [2.45, 2.75) is 39.8 Å². The number of aryl methyl sites for hydroxylation is 2. The van der Waals surface area contributed by atoms with Crippen molar-refractivity contribution in [2.75, 3.05) is 5.32 Å². The van der Waals surface area contributed by atoms with E-state index >= 15 is 0 Å². The maximum atomic E-state index is 12.5. The summed E-state index contributed by atoms with van der Waals surface area (Å²) >= 11 is 6.22. The van der Waals surface area contributed by atoms with Gasteiger partial charge in [-0.1, -0.05) is 29.8 Å². The fraction of sp³-hybridized carbons (Fsp3) is 0.412. The van der Waals surface area contributed by atoms with Crippen LogP contribution in [0.3, 0.4) is 0 Å². The van der Waals surface area contributed by atoms with E-state index in [0.29, 0.717) is 0 Å². The van der Waals surface area contributed by atoms with E-state index in [1.807, 2.05) is 64.3 Å². The number of amides is 1. The number of carbonyl (C=O) groups is 1. The number of hydrogen-bond donors (Lipinski definition) is 2. The van der Waals surface area contributed by atoms with Crippen molar-refractivity contribution in [1.29, 1.82) is 0 Å². The van der Waals surface area contributed by atoms with Crippen LogP contribution in [0.2, 0.25) is 5.02 Å². The van der Waals surface area contributed by atoms with Crippen molar-refractivity contribution in [1.82, 2.24) is 9.78 Å². The first-order chi connectivity index (χ1) is 10.8. The fourth-order valence-electron chi connectivity index (χ4n) is 2.66. The van der Waals surface area contributed by atoms with Gasteiger partial charge in [-0.05, 0) is 33.8 Å². The Bertz CT molecular complexity index is 711. The molecule has 0 fully saturated rings. The van der Waals surface area contributed by atoms with Gasteiger partial charge in [-0.2, -0.15) is 5.10 Å².